The third-order valence-corrected chi connectivity index (χ3v) is 5.44. The highest BCUT2D eigenvalue weighted by Gasteiger charge is 2.43. The standard InChI is InChI=1S/C18H14Cl3N3O4/c1-18(2)17(27)23-10-5-3-4-6-11(10)24(18)12(25)8-28-16(26)15-14(21)13(20)9(19)7-22-15/h3-7H,8H2,1-2H3,(H,23,27). The molecular formula is C18H14Cl3N3O4. The number of hydrogen-bond acceptors (Lipinski definition) is 5. The Morgan fingerprint density at radius 3 is 2.57 bits per heavy atom. The van der Waals surface area contributed by atoms with E-state index in [0.29, 0.717) is 11.4 Å². The molecule has 0 unspecified atom stereocenters. The van der Waals surface area contributed by atoms with Crippen molar-refractivity contribution in [3.8, 4) is 0 Å². The number of para-hydroxylation sites is 2. The van der Waals surface area contributed by atoms with E-state index in [4.69, 9.17) is 39.5 Å². The van der Waals surface area contributed by atoms with E-state index < -0.39 is 24.0 Å². The average molecular weight is 443 g/mol. The monoisotopic (exact) mass is 441 g/mol. The Morgan fingerprint density at radius 2 is 1.86 bits per heavy atom. The van der Waals surface area contributed by atoms with Gasteiger partial charge in [-0.3, -0.25) is 14.5 Å². The van der Waals surface area contributed by atoms with Gasteiger partial charge < -0.3 is 10.1 Å². The number of aromatic nitrogens is 1. The summed E-state index contributed by atoms with van der Waals surface area (Å²) in [5.74, 6) is -1.89. The van der Waals surface area contributed by atoms with E-state index in [2.05, 4.69) is 10.3 Å². The fourth-order valence-corrected chi connectivity index (χ4v) is 3.30. The van der Waals surface area contributed by atoms with Crippen molar-refractivity contribution in [2.75, 3.05) is 16.8 Å². The summed E-state index contributed by atoms with van der Waals surface area (Å²) in [7, 11) is 0. The molecule has 1 aromatic carbocycles. The number of rotatable bonds is 3. The second-order valence-corrected chi connectivity index (χ2v) is 7.58. The van der Waals surface area contributed by atoms with Gasteiger partial charge in [0.1, 0.15) is 5.54 Å². The third kappa shape index (κ3) is 3.53. The highest BCUT2D eigenvalue weighted by Crippen LogP contribution is 2.37. The number of nitrogens with one attached hydrogen (secondary N) is 1. The fourth-order valence-electron chi connectivity index (χ4n) is 2.74. The van der Waals surface area contributed by atoms with Crippen LogP contribution >= 0.6 is 34.8 Å². The van der Waals surface area contributed by atoms with E-state index in [9.17, 15) is 14.4 Å². The van der Waals surface area contributed by atoms with Gasteiger partial charge in [-0.1, -0.05) is 46.9 Å². The minimum absolute atomic E-state index is 0.0422. The summed E-state index contributed by atoms with van der Waals surface area (Å²) in [6.07, 6.45) is 1.16. The molecule has 0 fully saturated rings. The average Bonchev–Trinajstić information content (AvgIpc) is 2.65. The fraction of sp³-hybridized carbons (Fsp3) is 0.222. The molecule has 28 heavy (non-hydrogen) atoms. The van der Waals surface area contributed by atoms with Crippen molar-refractivity contribution in [2.24, 2.45) is 0 Å². The van der Waals surface area contributed by atoms with Crippen molar-refractivity contribution >= 4 is 64.0 Å². The van der Waals surface area contributed by atoms with Crippen LogP contribution in [-0.4, -0.2) is 34.9 Å². The predicted octanol–water partition coefficient (Wildman–Crippen LogP) is 3.96. The summed E-state index contributed by atoms with van der Waals surface area (Å²) >= 11 is 17.6. The summed E-state index contributed by atoms with van der Waals surface area (Å²) in [6, 6.07) is 6.83. The molecule has 3 rings (SSSR count). The van der Waals surface area contributed by atoms with Gasteiger partial charge in [0.2, 0.25) is 5.91 Å². The molecule has 1 aromatic heterocycles. The van der Waals surface area contributed by atoms with E-state index in [0.717, 1.165) is 6.20 Å². The van der Waals surface area contributed by atoms with Crippen molar-refractivity contribution in [3.05, 3.63) is 51.2 Å². The quantitative estimate of drug-likeness (QED) is 0.727. The number of esters is 1. The molecule has 7 nitrogen and oxygen atoms in total. The maximum absolute atomic E-state index is 12.8. The molecule has 0 saturated heterocycles. The maximum Gasteiger partial charge on any atom is 0.359 e. The van der Waals surface area contributed by atoms with Crippen LogP contribution in [0.2, 0.25) is 15.1 Å². The van der Waals surface area contributed by atoms with Crippen LogP contribution in [0.3, 0.4) is 0 Å². The van der Waals surface area contributed by atoms with Gasteiger partial charge in [-0.2, -0.15) is 0 Å². The number of carbonyl (C=O) groups is 3. The van der Waals surface area contributed by atoms with E-state index in [1.54, 1.807) is 38.1 Å². The number of anilines is 2. The van der Waals surface area contributed by atoms with Crippen molar-refractivity contribution in [1.29, 1.82) is 0 Å². The Kier molecular flexibility index (Phi) is 5.52. The normalized spacial score (nSPS) is 14.9. The topological polar surface area (TPSA) is 88.6 Å². The highest BCUT2D eigenvalue weighted by atomic mass is 35.5. The number of pyridine rings is 1. The second kappa shape index (κ2) is 7.58. The van der Waals surface area contributed by atoms with Crippen LogP contribution < -0.4 is 10.2 Å². The number of fused-ring (bicyclic) bond motifs is 1. The summed E-state index contributed by atoms with van der Waals surface area (Å²) in [5.41, 5.74) is -0.461. The van der Waals surface area contributed by atoms with E-state index >= 15 is 0 Å². The highest BCUT2D eigenvalue weighted by molar-refractivity contribution is 6.48. The minimum atomic E-state index is -1.18. The van der Waals surface area contributed by atoms with Crippen LogP contribution in [-0.2, 0) is 14.3 Å². The summed E-state index contributed by atoms with van der Waals surface area (Å²) in [6.45, 7) is 2.56. The molecule has 0 bridgehead atoms. The molecule has 0 atom stereocenters. The molecule has 2 aromatic rings. The van der Waals surface area contributed by atoms with Crippen molar-refractivity contribution < 1.29 is 19.1 Å². The molecule has 1 N–H and O–H groups in total. The van der Waals surface area contributed by atoms with Gasteiger partial charge in [-0.25, -0.2) is 9.78 Å². The first kappa shape index (κ1) is 20.4. The van der Waals surface area contributed by atoms with Crippen molar-refractivity contribution in [3.63, 3.8) is 0 Å². The van der Waals surface area contributed by atoms with Crippen LogP contribution in [0.15, 0.2) is 30.5 Å². The zero-order valence-corrected chi connectivity index (χ0v) is 17.0. The maximum atomic E-state index is 12.8. The first-order chi connectivity index (χ1) is 13.1. The van der Waals surface area contributed by atoms with Gasteiger partial charge in [0.15, 0.2) is 12.3 Å². The summed E-state index contributed by atoms with van der Waals surface area (Å²) in [5, 5.41) is 2.62. The van der Waals surface area contributed by atoms with Gasteiger partial charge in [-0.05, 0) is 26.0 Å². The number of halogens is 3. The molecule has 0 aliphatic carbocycles. The smallest absolute Gasteiger partial charge is 0.359 e. The van der Waals surface area contributed by atoms with Crippen LogP contribution in [0.25, 0.3) is 0 Å². The zero-order chi connectivity index (χ0) is 20.6. The molecule has 2 amide bonds. The lowest BCUT2D eigenvalue weighted by Gasteiger charge is -2.41. The minimum Gasteiger partial charge on any atom is -0.451 e. The van der Waals surface area contributed by atoms with Crippen LogP contribution in [0.4, 0.5) is 11.4 Å². The van der Waals surface area contributed by atoms with E-state index in [1.807, 2.05) is 0 Å². The first-order valence-corrected chi connectivity index (χ1v) is 9.18. The number of nitrogens with zero attached hydrogens (tertiary/aromatic N) is 2. The lowest BCUT2D eigenvalue weighted by Crippen LogP contribution is -2.59. The van der Waals surface area contributed by atoms with Gasteiger partial charge in [0.05, 0.1) is 26.4 Å². The summed E-state index contributed by atoms with van der Waals surface area (Å²) in [4.78, 5) is 42.6. The number of carbonyl (C=O) groups excluding carboxylic acids is 3. The molecule has 10 heteroatoms. The van der Waals surface area contributed by atoms with Gasteiger partial charge in [0.25, 0.3) is 5.91 Å². The molecular weight excluding hydrogens is 429 g/mol. The molecule has 0 saturated carbocycles. The van der Waals surface area contributed by atoms with Gasteiger partial charge in [-0.15, -0.1) is 0 Å². The van der Waals surface area contributed by atoms with Gasteiger partial charge >= 0.3 is 5.97 Å². The molecule has 146 valence electrons. The van der Waals surface area contributed by atoms with E-state index in [1.165, 1.54) is 4.90 Å². The molecule has 2 heterocycles. The lowest BCUT2D eigenvalue weighted by atomic mass is 9.96. The number of hydrogen-bond donors (Lipinski definition) is 1. The molecule has 0 spiro atoms. The van der Waals surface area contributed by atoms with Crippen LogP contribution in [0.1, 0.15) is 24.3 Å². The van der Waals surface area contributed by atoms with E-state index in [-0.39, 0.29) is 26.7 Å². The Balaban J connectivity index is 1.82. The Labute approximate surface area is 175 Å². The number of amides is 2. The second-order valence-electron chi connectivity index (χ2n) is 6.42. The zero-order valence-electron chi connectivity index (χ0n) is 14.8. The number of ether oxygens (including phenoxy) is 1. The third-order valence-electron chi connectivity index (χ3n) is 4.19. The lowest BCUT2D eigenvalue weighted by molar-refractivity contribution is -0.128. The Morgan fingerprint density at radius 1 is 1.18 bits per heavy atom. The molecule has 1 aliphatic rings. The number of benzene rings is 1. The van der Waals surface area contributed by atoms with Crippen molar-refractivity contribution in [1.82, 2.24) is 4.98 Å². The van der Waals surface area contributed by atoms with Crippen LogP contribution in [0.5, 0.6) is 0 Å². The predicted molar refractivity (Wildman–Crippen MR) is 106 cm³/mol. The summed E-state index contributed by atoms with van der Waals surface area (Å²) < 4.78 is 5.05. The first-order valence-electron chi connectivity index (χ1n) is 8.04. The molecule has 1 aliphatic heterocycles. The van der Waals surface area contributed by atoms with Crippen molar-refractivity contribution in [2.45, 2.75) is 19.4 Å². The Bertz CT molecular complexity index is 994. The molecule has 0 radical (unpaired) electrons. The van der Waals surface area contributed by atoms with Gasteiger partial charge in [0, 0.05) is 6.20 Å². The Hall–Kier alpha value is -2.35. The largest absolute Gasteiger partial charge is 0.451 e. The van der Waals surface area contributed by atoms with Crippen LogP contribution in [0, 0.1) is 0 Å². The SMILES string of the molecule is CC1(C)C(=O)Nc2ccccc2N1C(=O)COC(=O)c1ncc(Cl)c(Cl)c1Cl.